The summed E-state index contributed by atoms with van der Waals surface area (Å²) in [7, 11) is 0. The van der Waals surface area contributed by atoms with Crippen molar-refractivity contribution in [2.45, 2.75) is 38.2 Å². The van der Waals surface area contributed by atoms with Gasteiger partial charge in [0.05, 0.1) is 11.7 Å². The van der Waals surface area contributed by atoms with E-state index in [0.717, 1.165) is 47.9 Å². The van der Waals surface area contributed by atoms with Crippen molar-refractivity contribution >= 4 is 17.2 Å². The van der Waals surface area contributed by atoms with Crippen LogP contribution in [-0.4, -0.2) is 31.3 Å². The molecule has 3 aromatic heterocycles. The third-order valence-electron chi connectivity index (χ3n) is 5.58. The Labute approximate surface area is 186 Å². The van der Waals surface area contributed by atoms with Crippen molar-refractivity contribution in [3.8, 4) is 34.0 Å². The van der Waals surface area contributed by atoms with E-state index in [1.165, 1.54) is 12.1 Å². The lowest BCUT2D eigenvalue weighted by atomic mass is 9.98. The van der Waals surface area contributed by atoms with Crippen LogP contribution in [0.15, 0.2) is 41.2 Å². The van der Waals surface area contributed by atoms with Crippen molar-refractivity contribution in [2.24, 2.45) is 0 Å². The van der Waals surface area contributed by atoms with E-state index in [0.29, 0.717) is 5.56 Å². The van der Waals surface area contributed by atoms with Crippen LogP contribution in [0.25, 0.3) is 28.2 Å². The van der Waals surface area contributed by atoms with E-state index < -0.39 is 11.6 Å². The van der Waals surface area contributed by atoms with Gasteiger partial charge in [-0.15, -0.1) is 5.10 Å². The number of nitrogen functional groups attached to an aromatic ring is 1. The van der Waals surface area contributed by atoms with E-state index in [9.17, 15) is 4.39 Å². The number of ether oxygens (including phenoxy) is 1. The zero-order valence-electron chi connectivity index (χ0n) is 17.0. The molecule has 7 nitrogen and oxygen atoms in total. The molecule has 32 heavy (non-hydrogen) atoms. The van der Waals surface area contributed by atoms with E-state index in [-0.39, 0.29) is 29.2 Å². The first-order chi connectivity index (χ1) is 15.6. The molecule has 0 bridgehead atoms. The fourth-order valence-electron chi connectivity index (χ4n) is 3.90. The van der Waals surface area contributed by atoms with Crippen molar-refractivity contribution < 1.29 is 13.5 Å². The zero-order valence-corrected chi connectivity index (χ0v) is 17.9. The number of nitrogens with two attached hydrogens (primary N) is 1. The van der Waals surface area contributed by atoms with Gasteiger partial charge in [0, 0.05) is 11.8 Å². The van der Waals surface area contributed by atoms with Crippen molar-refractivity contribution in [1.29, 1.82) is 0 Å². The van der Waals surface area contributed by atoms with Gasteiger partial charge in [-0.1, -0.05) is 6.42 Å². The van der Waals surface area contributed by atoms with E-state index in [1.54, 1.807) is 23.6 Å². The number of aromatic nitrogens is 5. The van der Waals surface area contributed by atoms with Gasteiger partial charge in [0.2, 0.25) is 5.82 Å². The summed E-state index contributed by atoms with van der Waals surface area (Å²) in [5.74, 6) is -1.92. The Kier molecular flexibility index (Phi) is 5.52. The summed E-state index contributed by atoms with van der Waals surface area (Å²) in [5, 5.41) is 15.4. The molecule has 0 aliphatic heterocycles. The number of benzene rings is 1. The van der Waals surface area contributed by atoms with Crippen molar-refractivity contribution in [1.82, 2.24) is 25.2 Å². The SMILES string of the molecule is Nc1ncc(-c2ccsc2)cc1-c1nnnn1-c1ccc(OC2CCCCC2)c(F)c1F. The predicted octanol–water partition coefficient (Wildman–Crippen LogP) is 5.02. The highest BCUT2D eigenvalue weighted by Gasteiger charge is 2.24. The number of tetrazole rings is 1. The van der Waals surface area contributed by atoms with Gasteiger partial charge in [-0.2, -0.15) is 20.4 Å². The van der Waals surface area contributed by atoms with Crippen LogP contribution in [0.1, 0.15) is 32.1 Å². The topological polar surface area (TPSA) is 91.7 Å². The minimum absolute atomic E-state index is 0.0992. The van der Waals surface area contributed by atoms with Gasteiger partial charge in [-0.05, 0) is 76.7 Å². The summed E-state index contributed by atoms with van der Waals surface area (Å²) in [5.41, 5.74) is 8.12. The Morgan fingerprint density at radius 3 is 2.69 bits per heavy atom. The Morgan fingerprint density at radius 2 is 1.91 bits per heavy atom. The molecule has 10 heteroatoms. The minimum atomic E-state index is -1.09. The maximum Gasteiger partial charge on any atom is 0.202 e. The maximum atomic E-state index is 15.1. The Balaban J connectivity index is 1.51. The molecule has 0 atom stereocenters. The monoisotopic (exact) mass is 454 g/mol. The summed E-state index contributed by atoms with van der Waals surface area (Å²) < 4.78 is 36.8. The lowest BCUT2D eigenvalue weighted by Crippen LogP contribution is -2.20. The highest BCUT2D eigenvalue weighted by atomic mass is 32.1. The van der Waals surface area contributed by atoms with Crippen LogP contribution in [0.3, 0.4) is 0 Å². The molecule has 1 fully saturated rings. The second-order valence-electron chi connectivity index (χ2n) is 7.67. The normalized spacial score (nSPS) is 14.6. The molecule has 0 spiro atoms. The molecule has 1 saturated carbocycles. The Bertz CT molecular complexity index is 1240. The number of anilines is 1. The van der Waals surface area contributed by atoms with Crippen LogP contribution in [0.4, 0.5) is 14.6 Å². The second-order valence-corrected chi connectivity index (χ2v) is 8.45. The Hall–Kier alpha value is -3.40. The minimum Gasteiger partial charge on any atom is -0.487 e. The number of thiophene rings is 1. The maximum absolute atomic E-state index is 15.1. The summed E-state index contributed by atoms with van der Waals surface area (Å²) in [6.45, 7) is 0. The van der Waals surface area contributed by atoms with Crippen LogP contribution in [0.5, 0.6) is 5.75 Å². The summed E-state index contributed by atoms with van der Waals surface area (Å²) in [4.78, 5) is 4.23. The van der Waals surface area contributed by atoms with Crippen LogP contribution in [0.2, 0.25) is 0 Å². The van der Waals surface area contributed by atoms with Crippen LogP contribution in [0, 0.1) is 11.6 Å². The predicted molar refractivity (Wildman–Crippen MR) is 118 cm³/mol. The number of halogens is 2. The zero-order chi connectivity index (χ0) is 22.1. The molecular weight excluding hydrogens is 434 g/mol. The number of hydrogen-bond donors (Lipinski definition) is 1. The lowest BCUT2D eigenvalue weighted by molar-refractivity contribution is 0.147. The fourth-order valence-corrected chi connectivity index (χ4v) is 4.56. The third-order valence-corrected chi connectivity index (χ3v) is 6.27. The van der Waals surface area contributed by atoms with Gasteiger partial charge in [0.25, 0.3) is 0 Å². The van der Waals surface area contributed by atoms with E-state index in [1.807, 2.05) is 16.8 Å². The van der Waals surface area contributed by atoms with E-state index in [4.69, 9.17) is 10.5 Å². The van der Waals surface area contributed by atoms with Crippen LogP contribution in [-0.2, 0) is 0 Å². The summed E-state index contributed by atoms with van der Waals surface area (Å²) in [6, 6.07) is 6.55. The third kappa shape index (κ3) is 3.81. The molecule has 0 unspecified atom stereocenters. The number of pyridine rings is 1. The molecule has 3 heterocycles. The van der Waals surface area contributed by atoms with Crippen molar-refractivity contribution in [3.63, 3.8) is 0 Å². The standard InChI is InChI=1S/C22H20F2N6OS/c23-19-17(6-7-18(20(19)24)31-15-4-2-1-3-5-15)30-22(27-28-29-30)16-10-14(11-26-21(16)25)13-8-9-32-12-13/h6-12,15H,1-5H2,(H2,25,26). The molecule has 1 aliphatic carbocycles. The Morgan fingerprint density at radius 1 is 1.06 bits per heavy atom. The molecule has 0 saturated heterocycles. The largest absolute Gasteiger partial charge is 0.487 e. The van der Waals surface area contributed by atoms with Gasteiger partial charge in [0.15, 0.2) is 17.4 Å². The van der Waals surface area contributed by atoms with Crippen molar-refractivity contribution in [3.05, 3.63) is 52.9 Å². The van der Waals surface area contributed by atoms with E-state index in [2.05, 4.69) is 20.5 Å². The molecule has 5 rings (SSSR count). The molecule has 2 N–H and O–H groups in total. The summed E-state index contributed by atoms with van der Waals surface area (Å²) in [6.07, 6.45) is 6.43. The van der Waals surface area contributed by atoms with Crippen LogP contribution >= 0.6 is 11.3 Å². The molecule has 0 amide bonds. The van der Waals surface area contributed by atoms with Crippen molar-refractivity contribution in [2.75, 3.05) is 5.73 Å². The molecule has 0 radical (unpaired) electrons. The lowest BCUT2D eigenvalue weighted by Gasteiger charge is -2.23. The first-order valence-corrected chi connectivity index (χ1v) is 11.3. The van der Waals surface area contributed by atoms with Gasteiger partial charge in [0.1, 0.15) is 11.5 Å². The molecule has 1 aliphatic rings. The van der Waals surface area contributed by atoms with E-state index >= 15 is 4.39 Å². The van der Waals surface area contributed by atoms with Gasteiger partial charge in [-0.3, -0.25) is 0 Å². The quantitative estimate of drug-likeness (QED) is 0.455. The molecule has 164 valence electrons. The fraction of sp³-hybridized carbons (Fsp3) is 0.273. The summed E-state index contributed by atoms with van der Waals surface area (Å²) >= 11 is 1.55. The van der Waals surface area contributed by atoms with Gasteiger partial charge in [-0.25, -0.2) is 9.37 Å². The second kappa shape index (κ2) is 8.62. The van der Waals surface area contributed by atoms with Gasteiger partial charge < -0.3 is 10.5 Å². The average molecular weight is 455 g/mol. The highest BCUT2D eigenvalue weighted by molar-refractivity contribution is 7.08. The first kappa shape index (κ1) is 20.5. The highest BCUT2D eigenvalue weighted by Crippen LogP contribution is 2.33. The molecule has 1 aromatic carbocycles. The average Bonchev–Trinajstić information content (AvgIpc) is 3.51. The molecule has 4 aromatic rings. The smallest absolute Gasteiger partial charge is 0.202 e. The number of hydrogen-bond acceptors (Lipinski definition) is 7. The number of rotatable bonds is 5. The van der Waals surface area contributed by atoms with Crippen LogP contribution < -0.4 is 10.5 Å². The molecular formula is C22H20F2N6OS. The van der Waals surface area contributed by atoms with Gasteiger partial charge >= 0.3 is 0 Å². The first-order valence-electron chi connectivity index (χ1n) is 10.3. The number of nitrogens with zero attached hydrogens (tertiary/aromatic N) is 5.